The van der Waals surface area contributed by atoms with Crippen molar-refractivity contribution in [2.75, 3.05) is 0 Å². The summed E-state index contributed by atoms with van der Waals surface area (Å²) in [5, 5.41) is 0. The zero-order valence-electron chi connectivity index (χ0n) is 5.87. The molecule has 1 heterocycles. The third-order valence-electron chi connectivity index (χ3n) is 1.70. The molecule has 0 spiro atoms. The van der Waals surface area contributed by atoms with Gasteiger partial charge in [0.15, 0.2) is 0 Å². The summed E-state index contributed by atoms with van der Waals surface area (Å²) in [4.78, 5) is 14.8. The number of hydrogen-bond acceptors (Lipinski definition) is 1. The highest BCUT2D eigenvalue weighted by Crippen LogP contribution is 2.12. The topological polar surface area (TPSA) is 29.4 Å². The molecule has 0 bridgehead atoms. The molecule has 1 amide bonds. The van der Waals surface area contributed by atoms with E-state index in [1.165, 1.54) is 0 Å². The number of carbonyl (C=O) groups is 1. The van der Waals surface area contributed by atoms with E-state index in [-0.39, 0.29) is 5.91 Å². The fourth-order valence-corrected chi connectivity index (χ4v) is 1.14. The first-order valence-corrected chi connectivity index (χ1v) is 3.44. The van der Waals surface area contributed by atoms with Gasteiger partial charge in [-0.3, -0.25) is 4.79 Å². The minimum absolute atomic E-state index is 0.139. The van der Waals surface area contributed by atoms with Gasteiger partial charge in [-0.15, -0.1) is 0 Å². The average molecular weight is 144 g/mol. The minimum Gasteiger partial charge on any atom is -0.267 e. The van der Waals surface area contributed by atoms with Crippen LogP contribution in [0.3, 0.4) is 0 Å². The summed E-state index contributed by atoms with van der Waals surface area (Å²) in [6.07, 6.45) is 2.39. The van der Waals surface area contributed by atoms with E-state index in [1.54, 1.807) is 18.3 Å². The predicted octanol–water partition coefficient (Wildman–Crippen LogP) is 1.25. The predicted molar refractivity (Wildman–Crippen MR) is 41.8 cm³/mol. The van der Waals surface area contributed by atoms with Crippen LogP contribution in [0.25, 0.3) is 0 Å². The number of amides is 1. The first-order valence-electron chi connectivity index (χ1n) is 3.44. The molecular weight excluding hydrogens is 138 g/mol. The van der Waals surface area contributed by atoms with Crippen LogP contribution in [-0.4, -0.2) is 12.1 Å². The molecule has 2 heteroatoms. The van der Waals surface area contributed by atoms with E-state index in [4.69, 9.17) is 0 Å². The van der Waals surface area contributed by atoms with Crippen molar-refractivity contribution in [1.82, 2.24) is 0 Å². The zero-order valence-corrected chi connectivity index (χ0v) is 5.87. The number of fused-ring (bicyclic) bond motifs is 1. The Morgan fingerprint density at radius 3 is 3.27 bits per heavy atom. The molecule has 0 aromatic heterocycles. The van der Waals surface area contributed by atoms with E-state index in [0.29, 0.717) is 5.56 Å². The second-order valence-electron chi connectivity index (χ2n) is 2.40. The van der Waals surface area contributed by atoms with E-state index in [2.05, 4.69) is 11.1 Å². The molecule has 1 aromatic rings. The van der Waals surface area contributed by atoms with E-state index in [1.807, 2.05) is 6.07 Å². The summed E-state index contributed by atoms with van der Waals surface area (Å²) in [5.74, 6) is -0.139. The molecule has 0 N–H and O–H groups in total. The van der Waals surface area contributed by atoms with Crippen LogP contribution in [-0.2, 0) is 6.42 Å². The van der Waals surface area contributed by atoms with E-state index in [0.717, 1.165) is 12.0 Å². The number of hydrogen-bond donors (Lipinski definition) is 0. The van der Waals surface area contributed by atoms with Crippen LogP contribution in [0, 0.1) is 6.07 Å². The quantitative estimate of drug-likeness (QED) is 0.539. The maximum absolute atomic E-state index is 11.1. The van der Waals surface area contributed by atoms with Gasteiger partial charge in [0.05, 0.1) is 0 Å². The van der Waals surface area contributed by atoms with E-state index < -0.39 is 0 Å². The number of aliphatic imine (C=N–C) groups is 1. The fraction of sp³-hybridized carbons (Fsp3) is 0.111. The van der Waals surface area contributed by atoms with Crippen LogP contribution in [0.5, 0.6) is 0 Å². The first-order chi connectivity index (χ1) is 5.38. The maximum atomic E-state index is 11.1. The lowest BCUT2D eigenvalue weighted by atomic mass is 10.0. The average Bonchev–Trinajstić information content (AvgIpc) is 2.06. The van der Waals surface area contributed by atoms with Gasteiger partial charge >= 0.3 is 0 Å². The highest BCUT2D eigenvalue weighted by molar-refractivity contribution is 6.03. The van der Waals surface area contributed by atoms with Crippen LogP contribution >= 0.6 is 0 Å². The van der Waals surface area contributed by atoms with E-state index >= 15 is 0 Å². The number of rotatable bonds is 0. The number of carbonyl (C=O) groups excluding carboxylic acids is 1. The van der Waals surface area contributed by atoms with Crippen molar-refractivity contribution in [1.29, 1.82) is 0 Å². The number of benzene rings is 1. The molecular formula is C9H6NO. The van der Waals surface area contributed by atoms with Gasteiger partial charge in [0, 0.05) is 18.2 Å². The highest BCUT2D eigenvalue weighted by Gasteiger charge is 2.11. The second kappa shape index (κ2) is 2.31. The summed E-state index contributed by atoms with van der Waals surface area (Å²) in [6.45, 7) is 0. The second-order valence-corrected chi connectivity index (χ2v) is 2.40. The molecule has 0 atom stereocenters. The van der Waals surface area contributed by atoms with Gasteiger partial charge in [-0.25, -0.2) is 4.99 Å². The van der Waals surface area contributed by atoms with Crippen LogP contribution in [0.4, 0.5) is 0 Å². The lowest BCUT2D eigenvalue weighted by molar-refractivity contribution is 0.100. The van der Waals surface area contributed by atoms with Crippen molar-refractivity contribution >= 4 is 12.1 Å². The Kier molecular flexibility index (Phi) is 1.32. The molecule has 0 unspecified atom stereocenters. The monoisotopic (exact) mass is 144 g/mol. The van der Waals surface area contributed by atoms with Crippen molar-refractivity contribution in [3.63, 3.8) is 0 Å². The van der Waals surface area contributed by atoms with E-state index in [9.17, 15) is 4.79 Å². The molecule has 0 fully saturated rings. The summed E-state index contributed by atoms with van der Waals surface area (Å²) in [5.41, 5.74) is 1.73. The van der Waals surface area contributed by atoms with Gasteiger partial charge in [0.25, 0.3) is 5.91 Å². The Bertz CT molecular complexity index is 328. The molecule has 2 rings (SSSR count). The summed E-state index contributed by atoms with van der Waals surface area (Å²) < 4.78 is 0. The summed E-state index contributed by atoms with van der Waals surface area (Å²) >= 11 is 0. The third-order valence-corrected chi connectivity index (χ3v) is 1.70. The third kappa shape index (κ3) is 0.963. The smallest absolute Gasteiger partial charge is 0.267 e. The molecule has 53 valence electrons. The minimum atomic E-state index is -0.139. The van der Waals surface area contributed by atoms with Crippen LogP contribution in [0.1, 0.15) is 15.9 Å². The van der Waals surface area contributed by atoms with Crippen molar-refractivity contribution in [2.24, 2.45) is 4.99 Å². The van der Waals surface area contributed by atoms with Crippen molar-refractivity contribution in [2.45, 2.75) is 6.42 Å². The van der Waals surface area contributed by atoms with Gasteiger partial charge < -0.3 is 0 Å². The maximum Gasteiger partial charge on any atom is 0.276 e. The summed E-state index contributed by atoms with van der Waals surface area (Å²) in [7, 11) is 0. The molecule has 0 saturated heterocycles. The Hall–Kier alpha value is -1.44. The zero-order chi connectivity index (χ0) is 7.68. The van der Waals surface area contributed by atoms with Gasteiger partial charge in [0.1, 0.15) is 0 Å². The van der Waals surface area contributed by atoms with Gasteiger partial charge in [0.2, 0.25) is 0 Å². The van der Waals surface area contributed by atoms with Gasteiger partial charge in [-0.2, -0.15) is 0 Å². The Labute approximate surface area is 64.6 Å². The van der Waals surface area contributed by atoms with Crippen molar-refractivity contribution < 1.29 is 4.79 Å². The molecule has 0 aliphatic carbocycles. The Morgan fingerprint density at radius 1 is 1.55 bits per heavy atom. The first kappa shape index (κ1) is 6.28. The lowest BCUT2D eigenvalue weighted by Crippen LogP contribution is -2.07. The number of nitrogens with zero attached hydrogens (tertiary/aromatic N) is 1. The molecule has 1 aliphatic heterocycles. The molecule has 1 radical (unpaired) electrons. The lowest BCUT2D eigenvalue weighted by Gasteiger charge is -2.06. The molecule has 1 aromatic carbocycles. The fourth-order valence-electron chi connectivity index (χ4n) is 1.14. The summed E-state index contributed by atoms with van der Waals surface area (Å²) in [6, 6.07) is 8.25. The largest absolute Gasteiger partial charge is 0.276 e. The molecule has 1 aliphatic rings. The standard InChI is InChI=1S/C9H6NO/c11-9-8-4-2-1-3-7(8)5-6-10-9/h2-4,6H,5H2. The van der Waals surface area contributed by atoms with Crippen LogP contribution in [0.15, 0.2) is 23.2 Å². The van der Waals surface area contributed by atoms with Crippen LogP contribution < -0.4 is 0 Å². The van der Waals surface area contributed by atoms with Crippen molar-refractivity contribution in [3.05, 3.63) is 35.4 Å². The molecule has 11 heavy (non-hydrogen) atoms. The van der Waals surface area contributed by atoms with Crippen LogP contribution in [0.2, 0.25) is 0 Å². The van der Waals surface area contributed by atoms with Crippen molar-refractivity contribution in [3.8, 4) is 0 Å². The SMILES string of the molecule is O=C1N=CCc2c[c]ccc21. The van der Waals surface area contributed by atoms with Gasteiger partial charge in [-0.05, 0) is 23.8 Å². The molecule has 0 saturated carbocycles. The normalized spacial score (nSPS) is 14.7. The Balaban J connectivity index is 2.59. The van der Waals surface area contributed by atoms with Gasteiger partial charge in [-0.1, -0.05) is 6.07 Å². The highest BCUT2D eigenvalue weighted by atomic mass is 16.1. The Morgan fingerprint density at radius 2 is 2.45 bits per heavy atom. The molecule has 2 nitrogen and oxygen atoms in total.